The minimum absolute atomic E-state index is 0.878. The molecule has 0 amide bonds. The molecule has 0 fully saturated rings. The van der Waals surface area contributed by atoms with Gasteiger partial charge < -0.3 is 5.32 Å². The lowest BCUT2D eigenvalue weighted by atomic mass is 10.0. The van der Waals surface area contributed by atoms with E-state index < -0.39 is 0 Å². The zero-order valence-corrected chi connectivity index (χ0v) is 9.44. The highest BCUT2D eigenvalue weighted by Gasteiger charge is 2.11. The summed E-state index contributed by atoms with van der Waals surface area (Å²) in [4.78, 5) is 0. The van der Waals surface area contributed by atoms with Gasteiger partial charge in [0, 0.05) is 18.3 Å². The van der Waals surface area contributed by atoms with Crippen LogP contribution in [0, 0.1) is 0 Å². The summed E-state index contributed by atoms with van der Waals surface area (Å²) in [6.07, 6.45) is 0. The molecule has 2 aromatic carbocycles. The number of hydrogen-bond donors (Lipinski definition) is 2. The molecular weight excluding hydrogens is 212 g/mol. The first kappa shape index (κ1) is 9.84. The van der Waals surface area contributed by atoms with Crippen LogP contribution >= 0.6 is 0 Å². The van der Waals surface area contributed by atoms with Crippen LogP contribution < -0.4 is 5.32 Å². The van der Waals surface area contributed by atoms with Gasteiger partial charge in [0.05, 0.1) is 0 Å². The van der Waals surface area contributed by atoms with Gasteiger partial charge in [0.1, 0.15) is 11.0 Å². The monoisotopic (exact) mass is 224 g/mol. The van der Waals surface area contributed by atoms with E-state index in [2.05, 4.69) is 32.9 Å². The average molecular weight is 224 g/mol. The Labute approximate surface area is 98.7 Å². The van der Waals surface area contributed by atoms with Gasteiger partial charge in [-0.1, -0.05) is 30.3 Å². The van der Waals surface area contributed by atoms with E-state index in [1.54, 1.807) is 0 Å². The van der Waals surface area contributed by atoms with Crippen molar-refractivity contribution in [1.82, 2.24) is 15.4 Å². The Morgan fingerprint density at radius 3 is 2.59 bits per heavy atom. The Morgan fingerprint density at radius 1 is 1.00 bits per heavy atom. The summed E-state index contributed by atoms with van der Waals surface area (Å²) in [5.41, 5.74) is 5.04. The van der Waals surface area contributed by atoms with E-state index >= 15 is 0 Å². The largest absolute Gasteiger partial charge is 0.388 e. The highest BCUT2D eigenvalue weighted by Crippen LogP contribution is 2.33. The van der Waals surface area contributed by atoms with E-state index in [0.717, 1.165) is 27.8 Å². The van der Waals surface area contributed by atoms with Gasteiger partial charge in [-0.2, -0.15) is 15.4 Å². The van der Waals surface area contributed by atoms with Crippen LogP contribution in [0.1, 0.15) is 0 Å². The number of fused-ring (bicyclic) bond motifs is 1. The molecule has 0 unspecified atom stereocenters. The molecule has 0 spiro atoms. The second-order valence-electron chi connectivity index (χ2n) is 3.80. The van der Waals surface area contributed by atoms with Crippen LogP contribution in [0.2, 0.25) is 0 Å². The fourth-order valence-electron chi connectivity index (χ4n) is 2.02. The van der Waals surface area contributed by atoms with Gasteiger partial charge >= 0.3 is 0 Å². The molecular formula is C13H12N4. The number of rotatable bonds is 2. The van der Waals surface area contributed by atoms with Crippen molar-refractivity contribution in [3.05, 3.63) is 42.5 Å². The first-order valence-electron chi connectivity index (χ1n) is 5.47. The standard InChI is InChI=1S/C13H12N4/c1-14-10-7-8-11-13(16-17-15-11)12(10)9-5-3-2-4-6-9/h2-8,14H,1H3,(H,15,16,17). The van der Waals surface area contributed by atoms with E-state index in [9.17, 15) is 0 Å². The molecule has 4 heteroatoms. The van der Waals surface area contributed by atoms with E-state index in [1.165, 1.54) is 0 Å². The van der Waals surface area contributed by atoms with Crippen molar-refractivity contribution >= 4 is 16.7 Å². The number of aromatic nitrogens is 3. The van der Waals surface area contributed by atoms with Crippen molar-refractivity contribution in [3.63, 3.8) is 0 Å². The SMILES string of the molecule is CNc1ccc2n[nH]nc2c1-c1ccccc1. The smallest absolute Gasteiger partial charge is 0.122 e. The molecule has 17 heavy (non-hydrogen) atoms. The van der Waals surface area contributed by atoms with Crippen molar-refractivity contribution in [1.29, 1.82) is 0 Å². The van der Waals surface area contributed by atoms with Crippen molar-refractivity contribution in [2.75, 3.05) is 12.4 Å². The van der Waals surface area contributed by atoms with Gasteiger partial charge in [-0.25, -0.2) is 0 Å². The minimum Gasteiger partial charge on any atom is -0.388 e. The maximum Gasteiger partial charge on any atom is 0.122 e. The lowest BCUT2D eigenvalue weighted by Gasteiger charge is -2.09. The van der Waals surface area contributed by atoms with Gasteiger partial charge in [-0.05, 0) is 17.7 Å². The Bertz CT molecular complexity index is 643. The summed E-state index contributed by atoms with van der Waals surface area (Å²) in [6, 6.07) is 14.2. The minimum atomic E-state index is 0.878. The molecule has 0 saturated carbocycles. The molecule has 3 aromatic rings. The number of H-pyrrole nitrogens is 1. The quantitative estimate of drug-likeness (QED) is 0.703. The summed E-state index contributed by atoms with van der Waals surface area (Å²) in [6.45, 7) is 0. The van der Waals surface area contributed by atoms with E-state index in [1.807, 2.05) is 37.4 Å². The van der Waals surface area contributed by atoms with Crippen molar-refractivity contribution in [2.45, 2.75) is 0 Å². The lowest BCUT2D eigenvalue weighted by molar-refractivity contribution is 0.959. The Morgan fingerprint density at radius 2 is 1.82 bits per heavy atom. The molecule has 0 radical (unpaired) electrons. The molecule has 1 aromatic heterocycles. The van der Waals surface area contributed by atoms with E-state index in [0.29, 0.717) is 0 Å². The van der Waals surface area contributed by atoms with Crippen LogP contribution in [-0.2, 0) is 0 Å². The first-order chi connectivity index (χ1) is 8.40. The summed E-state index contributed by atoms with van der Waals surface area (Å²) in [7, 11) is 1.91. The highest BCUT2D eigenvalue weighted by atomic mass is 15.3. The fraction of sp³-hybridized carbons (Fsp3) is 0.0769. The van der Waals surface area contributed by atoms with Gasteiger partial charge in [-0.3, -0.25) is 0 Å². The van der Waals surface area contributed by atoms with E-state index in [-0.39, 0.29) is 0 Å². The van der Waals surface area contributed by atoms with Crippen LogP contribution in [-0.4, -0.2) is 22.5 Å². The number of anilines is 1. The van der Waals surface area contributed by atoms with Crippen LogP contribution in [0.25, 0.3) is 22.2 Å². The third kappa shape index (κ3) is 1.54. The Kier molecular flexibility index (Phi) is 2.26. The Hall–Kier alpha value is -2.36. The zero-order valence-electron chi connectivity index (χ0n) is 9.44. The first-order valence-corrected chi connectivity index (χ1v) is 5.47. The summed E-state index contributed by atoms with van der Waals surface area (Å²) < 4.78 is 0. The van der Waals surface area contributed by atoms with E-state index in [4.69, 9.17) is 0 Å². The highest BCUT2D eigenvalue weighted by molar-refractivity contribution is 5.98. The van der Waals surface area contributed by atoms with Gasteiger partial charge in [-0.15, -0.1) is 0 Å². The zero-order chi connectivity index (χ0) is 11.7. The van der Waals surface area contributed by atoms with Crippen LogP contribution in [0.5, 0.6) is 0 Å². The summed E-state index contributed by atoms with van der Waals surface area (Å²) in [5, 5.41) is 14.2. The Balaban J connectivity index is 2.36. The molecule has 0 atom stereocenters. The summed E-state index contributed by atoms with van der Waals surface area (Å²) >= 11 is 0. The van der Waals surface area contributed by atoms with Crippen LogP contribution in [0.4, 0.5) is 5.69 Å². The molecule has 1 heterocycles. The van der Waals surface area contributed by atoms with Gasteiger partial charge in [0.25, 0.3) is 0 Å². The van der Waals surface area contributed by atoms with Gasteiger partial charge in [0.15, 0.2) is 0 Å². The molecule has 2 N–H and O–H groups in total. The number of aromatic amines is 1. The predicted molar refractivity (Wildman–Crippen MR) is 68.9 cm³/mol. The molecule has 0 saturated heterocycles. The molecule has 0 aliphatic heterocycles. The van der Waals surface area contributed by atoms with Crippen molar-refractivity contribution < 1.29 is 0 Å². The molecule has 84 valence electrons. The molecule has 0 bridgehead atoms. The summed E-state index contributed by atoms with van der Waals surface area (Å²) in [5.74, 6) is 0. The lowest BCUT2D eigenvalue weighted by Crippen LogP contribution is -1.93. The second-order valence-corrected chi connectivity index (χ2v) is 3.80. The fourth-order valence-corrected chi connectivity index (χ4v) is 2.02. The number of nitrogens with one attached hydrogen (secondary N) is 2. The van der Waals surface area contributed by atoms with Crippen LogP contribution in [0.15, 0.2) is 42.5 Å². The topological polar surface area (TPSA) is 53.6 Å². The third-order valence-corrected chi connectivity index (χ3v) is 2.82. The second kappa shape index (κ2) is 3.90. The number of benzene rings is 2. The predicted octanol–water partition coefficient (Wildman–Crippen LogP) is 2.67. The maximum absolute atomic E-state index is 4.23. The number of nitrogens with zero attached hydrogens (tertiary/aromatic N) is 2. The normalized spacial score (nSPS) is 10.6. The molecule has 3 rings (SSSR count). The molecule has 0 aliphatic rings. The third-order valence-electron chi connectivity index (χ3n) is 2.82. The van der Waals surface area contributed by atoms with Gasteiger partial charge in [0.2, 0.25) is 0 Å². The van der Waals surface area contributed by atoms with Crippen molar-refractivity contribution in [3.8, 4) is 11.1 Å². The number of hydrogen-bond acceptors (Lipinski definition) is 3. The average Bonchev–Trinajstić information content (AvgIpc) is 2.86. The maximum atomic E-state index is 4.23. The molecule has 4 nitrogen and oxygen atoms in total. The van der Waals surface area contributed by atoms with Crippen LogP contribution in [0.3, 0.4) is 0 Å². The van der Waals surface area contributed by atoms with Crippen molar-refractivity contribution in [2.24, 2.45) is 0 Å². The molecule has 0 aliphatic carbocycles.